The number of rotatable bonds is 0. The van der Waals surface area contributed by atoms with Crippen LogP contribution in [-0.2, 0) is 9.47 Å². The van der Waals surface area contributed by atoms with Crippen LogP contribution in [0.3, 0.4) is 0 Å². The zero-order chi connectivity index (χ0) is 7.68. The van der Waals surface area contributed by atoms with E-state index in [1.54, 1.807) is 0 Å². The topological polar surface area (TPSA) is 18.5 Å². The second kappa shape index (κ2) is 2.86. The summed E-state index contributed by atoms with van der Waals surface area (Å²) in [6.07, 6.45) is 5.54. The number of ether oxygens (including phenoxy) is 2. The van der Waals surface area contributed by atoms with Gasteiger partial charge in [0.25, 0.3) is 0 Å². The molecule has 0 radical (unpaired) electrons. The van der Waals surface area contributed by atoms with Crippen LogP contribution in [0.2, 0.25) is 0 Å². The predicted molar refractivity (Wildman–Crippen MR) is 42.2 cm³/mol. The zero-order valence-corrected chi connectivity index (χ0v) is 6.71. The third-order valence-electron chi connectivity index (χ3n) is 2.42. The van der Waals surface area contributed by atoms with Crippen LogP contribution < -0.4 is 0 Å². The third-order valence-corrected chi connectivity index (χ3v) is 2.42. The molecule has 1 aliphatic carbocycles. The Morgan fingerprint density at radius 1 is 1.18 bits per heavy atom. The molecular weight excluding hydrogens is 140 g/mol. The molecule has 2 nitrogen and oxygen atoms in total. The lowest BCUT2D eigenvalue weighted by Gasteiger charge is -2.36. The van der Waals surface area contributed by atoms with E-state index in [0.717, 1.165) is 18.6 Å². The Morgan fingerprint density at radius 2 is 1.91 bits per heavy atom. The minimum atomic E-state index is 0.310. The Balaban J connectivity index is 1.98. The Labute approximate surface area is 67.2 Å². The van der Waals surface area contributed by atoms with E-state index in [9.17, 15) is 0 Å². The van der Waals surface area contributed by atoms with E-state index in [0.29, 0.717) is 18.8 Å². The molecular formula is C9H14O2. The van der Waals surface area contributed by atoms with Gasteiger partial charge in [-0.05, 0) is 19.3 Å². The summed E-state index contributed by atoms with van der Waals surface area (Å²) in [5, 5.41) is 0. The minimum absolute atomic E-state index is 0.310. The number of fused-ring (bicyclic) bond motifs is 1. The lowest BCUT2D eigenvalue weighted by Crippen LogP contribution is -2.39. The van der Waals surface area contributed by atoms with E-state index >= 15 is 0 Å². The fourth-order valence-electron chi connectivity index (χ4n) is 1.84. The maximum absolute atomic E-state index is 5.57. The average molecular weight is 154 g/mol. The molecule has 0 aromatic carbocycles. The number of hydrogen-bond acceptors (Lipinski definition) is 2. The van der Waals surface area contributed by atoms with Crippen molar-refractivity contribution in [1.82, 2.24) is 0 Å². The smallest absolute Gasteiger partial charge is 0.124 e. The molecule has 0 aromatic heterocycles. The fourth-order valence-corrected chi connectivity index (χ4v) is 1.84. The van der Waals surface area contributed by atoms with Crippen molar-refractivity contribution in [1.29, 1.82) is 0 Å². The summed E-state index contributed by atoms with van der Waals surface area (Å²) in [6, 6.07) is 0. The monoisotopic (exact) mass is 154 g/mol. The van der Waals surface area contributed by atoms with Crippen molar-refractivity contribution in [3.63, 3.8) is 0 Å². The summed E-state index contributed by atoms with van der Waals surface area (Å²) in [4.78, 5) is 0. The van der Waals surface area contributed by atoms with Gasteiger partial charge in [0.1, 0.15) is 18.5 Å². The van der Waals surface area contributed by atoms with Gasteiger partial charge in [0.2, 0.25) is 0 Å². The Hall–Kier alpha value is -0.500. The van der Waals surface area contributed by atoms with E-state index < -0.39 is 0 Å². The summed E-state index contributed by atoms with van der Waals surface area (Å²) >= 11 is 0. The summed E-state index contributed by atoms with van der Waals surface area (Å²) in [7, 11) is 0. The summed E-state index contributed by atoms with van der Waals surface area (Å²) in [5.41, 5.74) is 0. The van der Waals surface area contributed by atoms with Crippen LogP contribution in [0.1, 0.15) is 25.7 Å². The standard InChI is InChI=1S/C9H14O2/c1-7-6-10-8-4-2-3-5-9(8)11-7/h8-9H,1-6H2/t8-,9-/m0/s1. The second-order valence-electron chi connectivity index (χ2n) is 3.33. The molecule has 2 rings (SSSR count). The minimum Gasteiger partial charge on any atom is -0.490 e. The van der Waals surface area contributed by atoms with Gasteiger partial charge >= 0.3 is 0 Å². The quantitative estimate of drug-likeness (QED) is 0.530. The summed E-state index contributed by atoms with van der Waals surface area (Å²) < 4.78 is 11.1. The van der Waals surface area contributed by atoms with Crippen molar-refractivity contribution < 1.29 is 9.47 Å². The van der Waals surface area contributed by atoms with Gasteiger partial charge in [-0.1, -0.05) is 13.0 Å². The van der Waals surface area contributed by atoms with Crippen molar-refractivity contribution in [2.45, 2.75) is 37.9 Å². The first-order chi connectivity index (χ1) is 5.36. The molecule has 0 spiro atoms. The van der Waals surface area contributed by atoms with Gasteiger partial charge in [-0.3, -0.25) is 0 Å². The molecule has 1 heterocycles. The normalized spacial score (nSPS) is 37.6. The van der Waals surface area contributed by atoms with Crippen LogP contribution in [-0.4, -0.2) is 18.8 Å². The van der Waals surface area contributed by atoms with Crippen molar-refractivity contribution in [3.05, 3.63) is 12.3 Å². The maximum atomic E-state index is 5.57. The van der Waals surface area contributed by atoms with E-state index in [1.165, 1.54) is 12.8 Å². The van der Waals surface area contributed by atoms with Crippen LogP contribution in [0.25, 0.3) is 0 Å². The Bertz CT molecular complexity index is 165. The van der Waals surface area contributed by atoms with Gasteiger partial charge in [-0.15, -0.1) is 0 Å². The first-order valence-electron chi connectivity index (χ1n) is 4.32. The predicted octanol–water partition coefficient (Wildman–Crippen LogP) is 1.86. The highest BCUT2D eigenvalue weighted by Crippen LogP contribution is 2.28. The Morgan fingerprint density at radius 3 is 2.73 bits per heavy atom. The molecule has 1 saturated heterocycles. The SMILES string of the molecule is C=C1CO[C@H]2CCCC[C@@H]2O1. The van der Waals surface area contributed by atoms with Gasteiger partial charge in [0.05, 0.1) is 6.10 Å². The highest BCUT2D eigenvalue weighted by Gasteiger charge is 2.31. The van der Waals surface area contributed by atoms with Crippen LogP contribution in [0.15, 0.2) is 12.3 Å². The van der Waals surface area contributed by atoms with Crippen LogP contribution in [0.5, 0.6) is 0 Å². The second-order valence-corrected chi connectivity index (χ2v) is 3.33. The molecule has 0 unspecified atom stereocenters. The lowest BCUT2D eigenvalue weighted by molar-refractivity contribution is -0.118. The van der Waals surface area contributed by atoms with E-state index in [1.807, 2.05) is 0 Å². The van der Waals surface area contributed by atoms with Gasteiger partial charge in [-0.25, -0.2) is 0 Å². The van der Waals surface area contributed by atoms with Crippen molar-refractivity contribution in [2.24, 2.45) is 0 Å². The lowest BCUT2D eigenvalue weighted by atomic mass is 9.94. The third kappa shape index (κ3) is 1.41. The summed E-state index contributed by atoms with van der Waals surface area (Å²) in [6.45, 7) is 4.36. The molecule has 2 atom stereocenters. The molecule has 0 N–H and O–H groups in total. The van der Waals surface area contributed by atoms with Gasteiger partial charge < -0.3 is 9.47 Å². The average Bonchev–Trinajstić information content (AvgIpc) is 2.04. The highest BCUT2D eigenvalue weighted by atomic mass is 16.6. The fraction of sp³-hybridized carbons (Fsp3) is 0.778. The van der Waals surface area contributed by atoms with Crippen LogP contribution in [0, 0.1) is 0 Å². The number of hydrogen-bond donors (Lipinski definition) is 0. The van der Waals surface area contributed by atoms with Crippen molar-refractivity contribution >= 4 is 0 Å². The maximum Gasteiger partial charge on any atom is 0.124 e. The molecule has 2 heteroatoms. The Kier molecular flexibility index (Phi) is 1.86. The van der Waals surface area contributed by atoms with Crippen molar-refractivity contribution in [3.8, 4) is 0 Å². The van der Waals surface area contributed by atoms with Gasteiger partial charge in [0, 0.05) is 0 Å². The molecule has 0 amide bonds. The van der Waals surface area contributed by atoms with E-state index in [2.05, 4.69) is 6.58 Å². The molecule has 2 aliphatic rings. The van der Waals surface area contributed by atoms with Crippen LogP contribution >= 0.6 is 0 Å². The molecule has 1 saturated carbocycles. The van der Waals surface area contributed by atoms with Gasteiger partial charge in [0.15, 0.2) is 0 Å². The highest BCUT2D eigenvalue weighted by molar-refractivity contribution is 4.92. The molecule has 0 aromatic rings. The van der Waals surface area contributed by atoms with Gasteiger partial charge in [-0.2, -0.15) is 0 Å². The molecule has 62 valence electrons. The zero-order valence-electron chi connectivity index (χ0n) is 6.71. The summed E-state index contributed by atoms with van der Waals surface area (Å²) in [5.74, 6) is 0.799. The van der Waals surface area contributed by atoms with Crippen molar-refractivity contribution in [2.75, 3.05) is 6.61 Å². The molecule has 2 fully saturated rings. The first-order valence-corrected chi connectivity index (χ1v) is 4.32. The molecule has 1 aliphatic heterocycles. The largest absolute Gasteiger partial charge is 0.490 e. The molecule has 0 bridgehead atoms. The van der Waals surface area contributed by atoms with E-state index in [-0.39, 0.29) is 0 Å². The molecule has 11 heavy (non-hydrogen) atoms. The first kappa shape index (κ1) is 7.17. The van der Waals surface area contributed by atoms with E-state index in [4.69, 9.17) is 9.47 Å². The van der Waals surface area contributed by atoms with Crippen LogP contribution in [0.4, 0.5) is 0 Å².